The summed E-state index contributed by atoms with van der Waals surface area (Å²) in [5, 5.41) is 12.6. The third kappa shape index (κ3) is 1.38. The third-order valence-electron chi connectivity index (χ3n) is 6.06. The van der Waals surface area contributed by atoms with E-state index in [4.69, 9.17) is 4.99 Å². The van der Waals surface area contributed by atoms with Gasteiger partial charge in [0.25, 0.3) is 0 Å². The zero-order chi connectivity index (χ0) is 12.5. The second kappa shape index (κ2) is 3.54. The predicted molar refractivity (Wildman–Crippen MR) is 75.7 cm³/mol. The molecule has 1 heterocycles. The first-order chi connectivity index (χ1) is 8.51. The summed E-state index contributed by atoms with van der Waals surface area (Å²) in [6.07, 6.45) is 7.99. The maximum atomic E-state index is 11.3. The van der Waals surface area contributed by atoms with Crippen LogP contribution in [-0.4, -0.2) is 21.1 Å². The molecule has 4 fully saturated rings. The molecule has 0 aromatic heterocycles. The Morgan fingerprint density at radius 3 is 2.00 bits per heavy atom. The predicted octanol–water partition coefficient (Wildman–Crippen LogP) is 3.45. The van der Waals surface area contributed by atoms with Crippen LogP contribution in [0.1, 0.15) is 52.4 Å². The lowest BCUT2D eigenvalue weighted by Crippen LogP contribution is -2.60. The molecule has 0 saturated heterocycles. The lowest BCUT2D eigenvalue weighted by atomic mass is 9.46. The first-order valence-electron chi connectivity index (χ1n) is 7.46. The molecule has 2 nitrogen and oxygen atoms in total. The molecule has 18 heavy (non-hydrogen) atoms. The van der Waals surface area contributed by atoms with Gasteiger partial charge in [-0.2, -0.15) is 0 Å². The van der Waals surface area contributed by atoms with Gasteiger partial charge in [0.2, 0.25) is 0 Å². The van der Waals surface area contributed by atoms with E-state index in [0.717, 1.165) is 22.8 Å². The number of nitrogens with zero attached hydrogens (tertiary/aromatic N) is 1. The van der Waals surface area contributed by atoms with Gasteiger partial charge in [-0.05, 0) is 70.1 Å². The summed E-state index contributed by atoms with van der Waals surface area (Å²) in [5.74, 6) is 2.65. The van der Waals surface area contributed by atoms with Gasteiger partial charge in [-0.1, -0.05) is 0 Å². The van der Waals surface area contributed by atoms with E-state index < -0.39 is 5.72 Å². The maximum absolute atomic E-state index is 11.3. The van der Waals surface area contributed by atoms with E-state index in [1.807, 2.05) is 0 Å². The monoisotopic (exact) mass is 265 g/mol. The Kier molecular flexibility index (Phi) is 2.32. The van der Waals surface area contributed by atoms with E-state index in [0.29, 0.717) is 0 Å². The van der Waals surface area contributed by atoms with Crippen molar-refractivity contribution in [3.05, 3.63) is 0 Å². The molecule has 0 unspecified atom stereocenters. The van der Waals surface area contributed by atoms with Gasteiger partial charge < -0.3 is 5.11 Å². The molecule has 3 heteroatoms. The smallest absolute Gasteiger partial charge is 0.174 e. The topological polar surface area (TPSA) is 32.6 Å². The molecule has 4 saturated carbocycles. The van der Waals surface area contributed by atoms with Crippen molar-refractivity contribution in [3.63, 3.8) is 0 Å². The van der Waals surface area contributed by atoms with Crippen LogP contribution < -0.4 is 0 Å². The molecule has 0 aromatic rings. The number of rotatable bonds is 1. The van der Waals surface area contributed by atoms with Gasteiger partial charge in [0.15, 0.2) is 5.72 Å². The lowest BCUT2D eigenvalue weighted by molar-refractivity contribution is -0.172. The molecule has 100 valence electrons. The van der Waals surface area contributed by atoms with Crippen molar-refractivity contribution in [2.75, 3.05) is 0 Å². The summed E-state index contributed by atoms with van der Waals surface area (Å²) < 4.78 is 0. The number of aliphatic imine (C=N–C) groups is 1. The average molecular weight is 265 g/mol. The molecule has 0 spiro atoms. The van der Waals surface area contributed by atoms with Crippen molar-refractivity contribution in [1.29, 1.82) is 0 Å². The van der Waals surface area contributed by atoms with E-state index in [-0.39, 0.29) is 10.7 Å². The third-order valence-corrected chi connectivity index (χ3v) is 7.18. The second-order valence-corrected chi connectivity index (χ2v) is 8.85. The van der Waals surface area contributed by atoms with Crippen LogP contribution >= 0.6 is 11.8 Å². The Labute approximate surface area is 114 Å². The number of hydrogen-bond donors (Lipinski definition) is 1. The maximum Gasteiger partial charge on any atom is 0.174 e. The van der Waals surface area contributed by atoms with Gasteiger partial charge in [0.1, 0.15) is 0 Å². The highest BCUT2D eigenvalue weighted by molar-refractivity contribution is 8.14. The Morgan fingerprint density at radius 1 is 1.11 bits per heavy atom. The van der Waals surface area contributed by atoms with E-state index in [1.165, 1.54) is 38.5 Å². The highest BCUT2D eigenvalue weighted by Crippen LogP contribution is 2.66. The van der Waals surface area contributed by atoms with Crippen molar-refractivity contribution >= 4 is 16.8 Å². The van der Waals surface area contributed by atoms with Crippen LogP contribution in [0.3, 0.4) is 0 Å². The van der Waals surface area contributed by atoms with Crippen LogP contribution in [0.5, 0.6) is 0 Å². The quantitative estimate of drug-likeness (QED) is 0.787. The first kappa shape index (κ1) is 11.8. The van der Waals surface area contributed by atoms with Crippen molar-refractivity contribution in [2.24, 2.45) is 28.2 Å². The fourth-order valence-corrected chi connectivity index (χ4v) is 6.98. The van der Waals surface area contributed by atoms with Crippen molar-refractivity contribution < 1.29 is 5.11 Å². The average Bonchev–Trinajstić information content (AvgIpc) is 2.52. The molecule has 1 aliphatic heterocycles. The summed E-state index contributed by atoms with van der Waals surface area (Å²) in [6.45, 7) is 4.23. The lowest BCUT2D eigenvalue weighted by Gasteiger charge is -2.61. The number of hydrogen-bond acceptors (Lipinski definition) is 3. The highest BCUT2D eigenvalue weighted by Gasteiger charge is 2.63. The summed E-state index contributed by atoms with van der Waals surface area (Å²) in [4.78, 5) is 4.73. The highest BCUT2D eigenvalue weighted by atomic mass is 32.2. The normalized spacial score (nSPS) is 58.1. The molecule has 4 aliphatic carbocycles. The Balaban J connectivity index is 1.75. The van der Waals surface area contributed by atoms with Crippen LogP contribution in [0.2, 0.25) is 0 Å². The van der Waals surface area contributed by atoms with Gasteiger partial charge in [-0.25, -0.2) is 4.99 Å². The van der Waals surface area contributed by atoms with E-state index in [1.54, 1.807) is 11.8 Å². The molecule has 5 aliphatic rings. The minimum absolute atomic E-state index is 0.117. The first-order valence-corrected chi connectivity index (χ1v) is 8.34. The summed E-state index contributed by atoms with van der Waals surface area (Å²) in [7, 11) is 0. The Bertz CT molecular complexity index is 383. The molecule has 5 rings (SSSR count). The SMILES string of the molecule is CC1=N[C@](O)(C23CC4CC(CC(C4)C2)C3)[C@H](C)S1. The van der Waals surface area contributed by atoms with Crippen molar-refractivity contribution in [1.82, 2.24) is 0 Å². The molecule has 2 atom stereocenters. The van der Waals surface area contributed by atoms with Crippen LogP contribution in [-0.2, 0) is 0 Å². The van der Waals surface area contributed by atoms with E-state index in [9.17, 15) is 5.11 Å². The summed E-state index contributed by atoms with van der Waals surface area (Å²) in [6, 6.07) is 0. The van der Waals surface area contributed by atoms with E-state index >= 15 is 0 Å². The summed E-state index contributed by atoms with van der Waals surface area (Å²) >= 11 is 1.78. The van der Waals surface area contributed by atoms with Gasteiger partial charge in [-0.15, -0.1) is 11.8 Å². The number of thioether (sulfide) groups is 1. The molecule has 1 N–H and O–H groups in total. The molecular weight excluding hydrogens is 242 g/mol. The van der Waals surface area contributed by atoms with Crippen LogP contribution in [0.15, 0.2) is 4.99 Å². The fraction of sp³-hybridized carbons (Fsp3) is 0.933. The van der Waals surface area contributed by atoms with Gasteiger partial charge >= 0.3 is 0 Å². The second-order valence-electron chi connectivity index (χ2n) is 7.31. The van der Waals surface area contributed by atoms with E-state index in [2.05, 4.69) is 13.8 Å². The largest absolute Gasteiger partial charge is 0.368 e. The van der Waals surface area contributed by atoms with Crippen molar-refractivity contribution in [2.45, 2.75) is 63.3 Å². The zero-order valence-corrected chi connectivity index (χ0v) is 12.2. The number of aliphatic hydroxyl groups is 1. The van der Waals surface area contributed by atoms with Crippen molar-refractivity contribution in [3.8, 4) is 0 Å². The van der Waals surface area contributed by atoms with Crippen LogP contribution in [0, 0.1) is 23.2 Å². The van der Waals surface area contributed by atoms with Gasteiger partial charge in [0.05, 0.1) is 10.3 Å². The molecule has 0 radical (unpaired) electrons. The minimum atomic E-state index is -0.766. The Hall–Kier alpha value is -0.0200. The Morgan fingerprint density at radius 2 is 1.61 bits per heavy atom. The van der Waals surface area contributed by atoms with Gasteiger partial charge in [-0.3, -0.25) is 0 Å². The van der Waals surface area contributed by atoms with Crippen LogP contribution in [0.4, 0.5) is 0 Å². The fourth-order valence-electron chi connectivity index (χ4n) is 5.81. The molecule has 0 aromatic carbocycles. The molecule has 0 amide bonds. The van der Waals surface area contributed by atoms with Gasteiger partial charge in [0, 0.05) is 5.41 Å². The summed E-state index contributed by atoms with van der Waals surface area (Å²) in [5.41, 5.74) is -0.649. The minimum Gasteiger partial charge on any atom is -0.368 e. The molecular formula is C15H23NOS. The van der Waals surface area contributed by atoms with Crippen LogP contribution in [0.25, 0.3) is 0 Å². The molecule has 4 bridgehead atoms. The zero-order valence-electron chi connectivity index (χ0n) is 11.4. The standard InChI is InChI=1S/C15H23NOS/c1-9-15(17,16-10(2)18-9)14-6-11-3-12(7-14)5-13(4-11)8-14/h9,11-13,17H,3-8H2,1-2H3/t9-,11?,12?,13?,14?,15+/m0/s1.